The van der Waals surface area contributed by atoms with Gasteiger partial charge in [0.2, 0.25) is 0 Å². The number of rotatable bonds is 4. The van der Waals surface area contributed by atoms with Crippen LogP contribution in [0.1, 0.15) is 22.8 Å². The zero-order chi connectivity index (χ0) is 16.8. The van der Waals surface area contributed by atoms with Gasteiger partial charge in [0.1, 0.15) is 11.2 Å². The smallest absolute Gasteiger partial charge is 0.342 e. The van der Waals surface area contributed by atoms with Gasteiger partial charge in [0.05, 0.1) is 16.8 Å². The van der Waals surface area contributed by atoms with E-state index in [1.807, 2.05) is 6.07 Å². The van der Waals surface area contributed by atoms with E-state index in [0.29, 0.717) is 11.3 Å². The summed E-state index contributed by atoms with van der Waals surface area (Å²) in [6.07, 6.45) is 0.374. The number of amides is 1. The van der Waals surface area contributed by atoms with E-state index in [4.69, 9.17) is 21.6 Å². The number of aromatic nitrogens is 1. The highest BCUT2D eigenvalue weighted by Crippen LogP contribution is 2.16. The predicted molar refractivity (Wildman–Crippen MR) is 83.9 cm³/mol. The fourth-order valence-electron chi connectivity index (χ4n) is 1.74. The van der Waals surface area contributed by atoms with Crippen molar-refractivity contribution in [3.63, 3.8) is 0 Å². The van der Waals surface area contributed by atoms with Crippen LogP contribution in [0, 0.1) is 11.3 Å². The van der Waals surface area contributed by atoms with E-state index in [1.54, 1.807) is 24.3 Å². The molecule has 0 unspecified atom stereocenters. The Morgan fingerprint density at radius 1 is 1.30 bits per heavy atom. The lowest BCUT2D eigenvalue weighted by atomic mass is 10.2. The highest BCUT2D eigenvalue weighted by atomic mass is 35.5. The number of halogens is 1. The summed E-state index contributed by atoms with van der Waals surface area (Å²) in [5.74, 6) is -1.31. The maximum atomic E-state index is 12.1. The number of nitriles is 1. The summed E-state index contributed by atoms with van der Waals surface area (Å²) in [7, 11) is 0. The molecule has 7 heteroatoms. The van der Waals surface area contributed by atoms with E-state index >= 15 is 0 Å². The minimum atomic E-state index is -1.06. The number of nitrogens with one attached hydrogen (secondary N) is 1. The summed E-state index contributed by atoms with van der Waals surface area (Å²) in [6.45, 7) is 1.42. The first-order valence-corrected chi connectivity index (χ1v) is 7.02. The summed E-state index contributed by atoms with van der Waals surface area (Å²) >= 11 is 5.80. The Balaban J connectivity index is 2.05. The minimum absolute atomic E-state index is 0.0000608. The number of benzene rings is 1. The second-order valence-corrected chi connectivity index (χ2v) is 4.89. The zero-order valence-electron chi connectivity index (χ0n) is 12.1. The van der Waals surface area contributed by atoms with Crippen LogP contribution in [-0.4, -0.2) is 23.0 Å². The van der Waals surface area contributed by atoms with Crippen molar-refractivity contribution in [2.45, 2.75) is 13.0 Å². The monoisotopic (exact) mass is 329 g/mol. The number of ether oxygens (including phenoxy) is 1. The predicted octanol–water partition coefficient (Wildman–Crippen LogP) is 2.79. The Hall–Kier alpha value is -2.91. The lowest BCUT2D eigenvalue weighted by molar-refractivity contribution is -0.123. The molecule has 116 valence electrons. The average molecular weight is 330 g/mol. The quantitative estimate of drug-likeness (QED) is 0.687. The summed E-state index contributed by atoms with van der Waals surface area (Å²) < 4.78 is 5.07. The highest BCUT2D eigenvalue weighted by molar-refractivity contribution is 6.32. The van der Waals surface area contributed by atoms with E-state index in [2.05, 4.69) is 10.3 Å². The third-order valence-electron chi connectivity index (χ3n) is 2.94. The molecule has 0 bridgehead atoms. The molecule has 1 amide bonds. The Morgan fingerprint density at radius 3 is 2.74 bits per heavy atom. The van der Waals surface area contributed by atoms with Gasteiger partial charge in [-0.05, 0) is 31.2 Å². The molecule has 2 rings (SSSR count). The first-order valence-electron chi connectivity index (χ1n) is 6.64. The largest absolute Gasteiger partial charge is 0.449 e. The number of hydrogen-bond acceptors (Lipinski definition) is 5. The van der Waals surface area contributed by atoms with Crippen LogP contribution in [0.25, 0.3) is 0 Å². The maximum Gasteiger partial charge on any atom is 0.342 e. The summed E-state index contributed by atoms with van der Waals surface area (Å²) in [4.78, 5) is 27.8. The highest BCUT2D eigenvalue weighted by Gasteiger charge is 2.21. The summed E-state index contributed by atoms with van der Waals surface area (Å²) in [5.41, 5.74) is 0.739. The fourth-order valence-corrected chi connectivity index (χ4v) is 1.94. The van der Waals surface area contributed by atoms with Crippen LogP contribution in [-0.2, 0) is 9.53 Å². The van der Waals surface area contributed by atoms with Crippen LogP contribution < -0.4 is 5.32 Å². The van der Waals surface area contributed by atoms with Crippen molar-refractivity contribution in [3.05, 3.63) is 58.9 Å². The van der Waals surface area contributed by atoms with Crippen molar-refractivity contribution in [1.29, 1.82) is 5.26 Å². The molecule has 1 aromatic heterocycles. The number of carbonyl (C=O) groups excluding carboxylic acids is 2. The van der Waals surface area contributed by atoms with E-state index in [1.165, 1.54) is 25.3 Å². The molecule has 0 radical (unpaired) electrons. The molecule has 23 heavy (non-hydrogen) atoms. The van der Waals surface area contributed by atoms with E-state index in [0.717, 1.165) is 0 Å². The molecule has 1 N–H and O–H groups in total. The molecular formula is C16H12ClN3O3. The van der Waals surface area contributed by atoms with Gasteiger partial charge in [0.15, 0.2) is 6.10 Å². The maximum absolute atomic E-state index is 12.1. The van der Waals surface area contributed by atoms with Crippen molar-refractivity contribution in [3.8, 4) is 6.07 Å². The van der Waals surface area contributed by atoms with Gasteiger partial charge in [-0.2, -0.15) is 5.26 Å². The number of esters is 1. The number of hydrogen-bond donors (Lipinski definition) is 1. The Labute approximate surface area is 137 Å². The molecule has 0 saturated carbocycles. The van der Waals surface area contributed by atoms with Gasteiger partial charge in [-0.25, -0.2) is 9.78 Å². The van der Waals surface area contributed by atoms with Crippen LogP contribution in [0.2, 0.25) is 5.15 Å². The molecule has 0 aliphatic heterocycles. The fraction of sp³-hybridized carbons (Fsp3) is 0.125. The van der Waals surface area contributed by atoms with E-state index < -0.39 is 18.0 Å². The summed E-state index contributed by atoms with van der Waals surface area (Å²) in [5, 5.41) is 11.5. The van der Waals surface area contributed by atoms with Gasteiger partial charge in [-0.3, -0.25) is 4.79 Å². The molecule has 1 heterocycles. The van der Waals surface area contributed by atoms with Gasteiger partial charge in [-0.15, -0.1) is 0 Å². The summed E-state index contributed by atoms with van der Waals surface area (Å²) in [6, 6.07) is 11.5. The van der Waals surface area contributed by atoms with Gasteiger partial charge < -0.3 is 10.1 Å². The second-order valence-electron chi connectivity index (χ2n) is 4.54. The van der Waals surface area contributed by atoms with Crippen molar-refractivity contribution in [1.82, 2.24) is 4.98 Å². The van der Waals surface area contributed by atoms with Gasteiger partial charge in [0, 0.05) is 6.20 Å². The van der Waals surface area contributed by atoms with Gasteiger partial charge in [0.25, 0.3) is 5.91 Å². The molecule has 2 aromatic rings. The van der Waals surface area contributed by atoms with Crippen molar-refractivity contribution >= 4 is 29.2 Å². The SMILES string of the molecule is C[C@@H](OC(=O)c1cccnc1Cl)C(=O)Nc1ccccc1C#N. The topological polar surface area (TPSA) is 92.1 Å². The number of para-hydroxylation sites is 1. The lowest BCUT2D eigenvalue weighted by Gasteiger charge is -2.14. The Kier molecular flexibility index (Phi) is 5.28. The van der Waals surface area contributed by atoms with Crippen LogP contribution >= 0.6 is 11.6 Å². The van der Waals surface area contributed by atoms with Crippen LogP contribution in [0.4, 0.5) is 5.69 Å². The number of pyridine rings is 1. The second kappa shape index (κ2) is 7.38. The normalized spacial score (nSPS) is 11.2. The van der Waals surface area contributed by atoms with Crippen LogP contribution in [0.3, 0.4) is 0 Å². The standard InChI is InChI=1S/C16H12ClN3O3/c1-10(23-16(22)12-6-4-8-19-14(12)17)15(21)20-13-7-3-2-5-11(13)9-18/h2-8,10H,1H3,(H,20,21)/t10-/m1/s1. The zero-order valence-corrected chi connectivity index (χ0v) is 12.9. The van der Waals surface area contributed by atoms with Crippen LogP contribution in [0.5, 0.6) is 0 Å². The van der Waals surface area contributed by atoms with Crippen molar-refractivity contribution in [2.75, 3.05) is 5.32 Å². The third-order valence-corrected chi connectivity index (χ3v) is 3.24. The molecular weight excluding hydrogens is 318 g/mol. The number of nitrogens with zero attached hydrogens (tertiary/aromatic N) is 2. The molecule has 0 fully saturated rings. The molecule has 0 saturated heterocycles. The first kappa shape index (κ1) is 16.5. The van der Waals surface area contributed by atoms with Gasteiger partial charge >= 0.3 is 5.97 Å². The molecule has 0 aliphatic carbocycles. The van der Waals surface area contributed by atoms with E-state index in [9.17, 15) is 9.59 Å². The third kappa shape index (κ3) is 4.05. The van der Waals surface area contributed by atoms with Crippen molar-refractivity contribution < 1.29 is 14.3 Å². The Bertz CT molecular complexity index is 786. The first-order chi connectivity index (χ1) is 11.0. The molecule has 6 nitrogen and oxygen atoms in total. The van der Waals surface area contributed by atoms with Crippen LogP contribution in [0.15, 0.2) is 42.6 Å². The number of anilines is 1. The molecule has 0 aliphatic rings. The number of carbonyl (C=O) groups is 2. The molecule has 0 spiro atoms. The van der Waals surface area contributed by atoms with Crippen molar-refractivity contribution in [2.24, 2.45) is 0 Å². The minimum Gasteiger partial charge on any atom is -0.449 e. The van der Waals surface area contributed by atoms with E-state index in [-0.39, 0.29) is 10.7 Å². The molecule has 1 atom stereocenters. The van der Waals surface area contributed by atoms with Gasteiger partial charge in [-0.1, -0.05) is 23.7 Å². The molecule has 1 aromatic carbocycles. The lowest BCUT2D eigenvalue weighted by Crippen LogP contribution is -2.30. The average Bonchev–Trinajstić information content (AvgIpc) is 2.55. The Morgan fingerprint density at radius 2 is 2.04 bits per heavy atom.